The van der Waals surface area contributed by atoms with Gasteiger partial charge in [-0.05, 0) is 42.7 Å². The largest absolute Gasteiger partial charge is 0.352 e. The Morgan fingerprint density at radius 3 is 2.46 bits per heavy atom. The van der Waals surface area contributed by atoms with Crippen LogP contribution in [-0.4, -0.2) is 11.8 Å². The van der Waals surface area contributed by atoms with Crippen LogP contribution in [0.3, 0.4) is 0 Å². The zero-order valence-electron chi connectivity index (χ0n) is 13.1. The van der Waals surface area contributed by atoms with Gasteiger partial charge in [0, 0.05) is 18.0 Å². The molecule has 0 radical (unpaired) electrons. The molecule has 0 spiro atoms. The zero-order chi connectivity index (χ0) is 16.9. The molecule has 2 amide bonds. The van der Waals surface area contributed by atoms with Crippen LogP contribution >= 0.6 is 0 Å². The van der Waals surface area contributed by atoms with Crippen molar-refractivity contribution < 1.29 is 9.59 Å². The van der Waals surface area contributed by atoms with Gasteiger partial charge in [-0.15, -0.1) is 0 Å². The minimum Gasteiger partial charge on any atom is -0.352 e. The van der Waals surface area contributed by atoms with E-state index < -0.39 is 0 Å². The predicted octanol–water partition coefficient (Wildman–Crippen LogP) is 2.84. The summed E-state index contributed by atoms with van der Waals surface area (Å²) >= 11 is 0. The van der Waals surface area contributed by atoms with E-state index in [-0.39, 0.29) is 17.7 Å². The van der Waals surface area contributed by atoms with Gasteiger partial charge < -0.3 is 10.6 Å². The summed E-state index contributed by atoms with van der Waals surface area (Å²) in [7, 11) is 0. The highest BCUT2D eigenvalue weighted by Crippen LogP contribution is 2.28. The molecular weight excluding hydrogens is 302 g/mol. The van der Waals surface area contributed by atoms with Crippen molar-refractivity contribution >= 4 is 17.5 Å². The van der Waals surface area contributed by atoms with Crippen molar-refractivity contribution in [2.45, 2.75) is 19.4 Å². The van der Waals surface area contributed by atoms with Crippen molar-refractivity contribution in [2.24, 2.45) is 5.92 Å². The van der Waals surface area contributed by atoms with Crippen LogP contribution in [0.5, 0.6) is 0 Å². The van der Waals surface area contributed by atoms with Crippen LogP contribution in [0, 0.1) is 17.2 Å². The van der Waals surface area contributed by atoms with Crippen molar-refractivity contribution in [1.82, 2.24) is 5.32 Å². The molecule has 0 bridgehead atoms. The Bertz CT molecular complexity index is 802. The first-order valence-electron chi connectivity index (χ1n) is 7.84. The number of nitriles is 1. The molecule has 1 aliphatic rings. The normalized spacial score (nSPS) is 13.0. The number of nitrogens with one attached hydrogen (secondary N) is 2. The van der Waals surface area contributed by atoms with Gasteiger partial charge in [0.15, 0.2) is 0 Å². The summed E-state index contributed by atoms with van der Waals surface area (Å²) in [5, 5.41) is 14.7. The summed E-state index contributed by atoms with van der Waals surface area (Å²) < 4.78 is 0. The highest BCUT2D eigenvalue weighted by molar-refractivity contribution is 6.04. The van der Waals surface area contributed by atoms with E-state index in [0.717, 1.165) is 18.4 Å². The van der Waals surface area contributed by atoms with Crippen molar-refractivity contribution in [3.05, 3.63) is 65.2 Å². The minimum atomic E-state index is -0.272. The number of benzene rings is 2. The van der Waals surface area contributed by atoms with E-state index in [1.807, 2.05) is 18.2 Å². The first-order valence-corrected chi connectivity index (χ1v) is 7.84. The SMILES string of the molecule is N#Cc1ccccc1NC(=O)c1ccc(CNC(=O)C2CC2)cc1. The lowest BCUT2D eigenvalue weighted by atomic mass is 10.1. The minimum absolute atomic E-state index is 0.102. The summed E-state index contributed by atoms with van der Waals surface area (Å²) in [5.41, 5.74) is 2.36. The average molecular weight is 319 g/mol. The maximum atomic E-state index is 12.3. The van der Waals surface area contributed by atoms with E-state index in [9.17, 15) is 9.59 Å². The standard InChI is InChI=1S/C19H17N3O2/c20-11-16-3-1-2-4-17(16)22-19(24)15-7-5-13(6-8-15)12-21-18(23)14-9-10-14/h1-8,14H,9-10,12H2,(H,21,23)(H,22,24). The molecule has 2 N–H and O–H groups in total. The fraction of sp³-hybridized carbons (Fsp3) is 0.211. The zero-order valence-corrected chi connectivity index (χ0v) is 13.1. The average Bonchev–Trinajstić information content (AvgIpc) is 3.45. The molecule has 0 unspecified atom stereocenters. The van der Waals surface area contributed by atoms with Crippen LogP contribution in [0.15, 0.2) is 48.5 Å². The van der Waals surface area contributed by atoms with Crippen LogP contribution in [0.2, 0.25) is 0 Å². The maximum Gasteiger partial charge on any atom is 0.255 e. The van der Waals surface area contributed by atoms with E-state index in [4.69, 9.17) is 5.26 Å². The Balaban J connectivity index is 1.61. The third kappa shape index (κ3) is 3.79. The highest BCUT2D eigenvalue weighted by atomic mass is 16.2. The molecule has 1 saturated carbocycles. The van der Waals surface area contributed by atoms with Gasteiger partial charge in [0.2, 0.25) is 5.91 Å². The molecule has 120 valence electrons. The third-order valence-corrected chi connectivity index (χ3v) is 3.93. The fourth-order valence-corrected chi connectivity index (χ4v) is 2.34. The molecule has 3 rings (SSSR count). The van der Waals surface area contributed by atoms with Gasteiger partial charge in [-0.2, -0.15) is 5.26 Å². The number of amides is 2. The van der Waals surface area contributed by atoms with E-state index in [1.54, 1.807) is 36.4 Å². The fourth-order valence-electron chi connectivity index (χ4n) is 2.34. The van der Waals surface area contributed by atoms with E-state index in [1.165, 1.54) is 0 Å². The maximum absolute atomic E-state index is 12.3. The summed E-state index contributed by atoms with van der Waals surface area (Å²) in [6.07, 6.45) is 1.96. The van der Waals surface area contributed by atoms with Crippen LogP contribution in [0.4, 0.5) is 5.69 Å². The Kier molecular flexibility index (Phi) is 4.57. The van der Waals surface area contributed by atoms with Gasteiger partial charge in [0.25, 0.3) is 5.91 Å². The summed E-state index contributed by atoms with van der Waals surface area (Å²) in [6.45, 7) is 0.467. The van der Waals surface area contributed by atoms with Crippen LogP contribution in [0.25, 0.3) is 0 Å². The molecular formula is C19H17N3O2. The van der Waals surface area contributed by atoms with Crippen LogP contribution < -0.4 is 10.6 Å². The number of carbonyl (C=O) groups excluding carboxylic acids is 2. The first kappa shape index (κ1) is 15.8. The Labute approximate surface area is 140 Å². The topological polar surface area (TPSA) is 82.0 Å². The van der Waals surface area contributed by atoms with Crippen molar-refractivity contribution in [2.75, 3.05) is 5.32 Å². The smallest absolute Gasteiger partial charge is 0.255 e. The molecule has 5 heteroatoms. The van der Waals surface area contributed by atoms with Crippen molar-refractivity contribution in [1.29, 1.82) is 5.26 Å². The summed E-state index contributed by atoms with van der Waals surface area (Å²) in [6, 6.07) is 16.0. The molecule has 0 heterocycles. The highest BCUT2D eigenvalue weighted by Gasteiger charge is 2.29. The Hall–Kier alpha value is -3.13. The van der Waals surface area contributed by atoms with Gasteiger partial charge in [-0.3, -0.25) is 9.59 Å². The number of rotatable bonds is 5. The molecule has 24 heavy (non-hydrogen) atoms. The Morgan fingerprint density at radius 1 is 1.08 bits per heavy atom. The number of nitrogens with zero attached hydrogens (tertiary/aromatic N) is 1. The lowest BCUT2D eigenvalue weighted by Crippen LogP contribution is -2.24. The van der Waals surface area contributed by atoms with Gasteiger partial charge in [0.1, 0.15) is 6.07 Å². The number of hydrogen-bond donors (Lipinski definition) is 2. The molecule has 2 aromatic rings. The molecule has 2 aromatic carbocycles. The quantitative estimate of drug-likeness (QED) is 0.889. The Morgan fingerprint density at radius 2 is 1.79 bits per heavy atom. The second kappa shape index (κ2) is 6.97. The number of para-hydroxylation sites is 1. The molecule has 0 aromatic heterocycles. The van der Waals surface area contributed by atoms with E-state index in [0.29, 0.717) is 23.4 Å². The number of anilines is 1. The molecule has 0 aliphatic heterocycles. The molecule has 1 fully saturated rings. The van der Waals surface area contributed by atoms with Crippen LogP contribution in [-0.2, 0) is 11.3 Å². The second-order valence-electron chi connectivity index (χ2n) is 5.80. The van der Waals surface area contributed by atoms with Gasteiger partial charge in [-0.1, -0.05) is 24.3 Å². The molecule has 0 saturated heterocycles. The van der Waals surface area contributed by atoms with Gasteiger partial charge >= 0.3 is 0 Å². The first-order chi connectivity index (χ1) is 11.7. The molecule has 5 nitrogen and oxygen atoms in total. The second-order valence-corrected chi connectivity index (χ2v) is 5.80. The summed E-state index contributed by atoms with van der Waals surface area (Å²) in [5.74, 6) is 0.0199. The van der Waals surface area contributed by atoms with Crippen LogP contribution in [0.1, 0.15) is 34.3 Å². The molecule has 1 aliphatic carbocycles. The number of hydrogen-bond acceptors (Lipinski definition) is 3. The molecule has 0 atom stereocenters. The third-order valence-electron chi connectivity index (χ3n) is 3.93. The lowest BCUT2D eigenvalue weighted by molar-refractivity contribution is -0.122. The van der Waals surface area contributed by atoms with Gasteiger partial charge in [0.05, 0.1) is 11.3 Å². The predicted molar refractivity (Wildman–Crippen MR) is 90.1 cm³/mol. The van der Waals surface area contributed by atoms with Crippen molar-refractivity contribution in [3.8, 4) is 6.07 Å². The number of carbonyl (C=O) groups is 2. The van der Waals surface area contributed by atoms with E-state index in [2.05, 4.69) is 10.6 Å². The van der Waals surface area contributed by atoms with Gasteiger partial charge in [-0.25, -0.2) is 0 Å². The van der Waals surface area contributed by atoms with Crippen molar-refractivity contribution in [3.63, 3.8) is 0 Å². The van der Waals surface area contributed by atoms with E-state index >= 15 is 0 Å². The summed E-state index contributed by atoms with van der Waals surface area (Å²) in [4.78, 5) is 23.9. The monoisotopic (exact) mass is 319 g/mol. The lowest BCUT2D eigenvalue weighted by Gasteiger charge is -2.08.